The molecule has 0 saturated carbocycles. The molecule has 0 bridgehead atoms. The Labute approximate surface area is 165 Å². The number of fused-ring (bicyclic) bond motifs is 2. The number of hydrogen-bond donors (Lipinski definition) is 3. The number of benzene rings is 2. The fraction of sp³-hybridized carbons (Fsp3) is 0.190. The molecule has 2 aromatic heterocycles. The predicted octanol–water partition coefficient (Wildman–Crippen LogP) is 3.63. The number of aromatic amines is 2. The molecule has 142 valence electrons. The first-order valence-corrected chi connectivity index (χ1v) is 10.4. The fourth-order valence-electron chi connectivity index (χ4n) is 3.28. The molecule has 7 heteroatoms. The van der Waals surface area contributed by atoms with Crippen molar-refractivity contribution in [3.63, 3.8) is 0 Å². The van der Waals surface area contributed by atoms with Crippen molar-refractivity contribution < 1.29 is 4.79 Å². The van der Waals surface area contributed by atoms with E-state index in [1.165, 1.54) is 6.20 Å². The number of H-pyrrole nitrogens is 2. The van der Waals surface area contributed by atoms with Gasteiger partial charge in [0.2, 0.25) is 0 Å². The normalized spacial score (nSPS) is 12.3. The smallest absolute Gasteiger partial charge is 0.255 e. The molecule has 28 heavy (non-hydrogen) atoms. The topological polar surface area (TPSA) is 90.6 Å². The van der Waals surface area contributed by atoms with Crippen LogP contribution in [0.25, 0.3) is 21.8 Å². The van der Waals surface area contributed by atoms with Crippen molar-refractivity contribution in [2.75, 3.05) is 12.0 Å². The van der Waals surface area contributed by atoms with E-state index in [4.69, 9.17) is 0 Å². The van der Waals surface area contributed by atoms with E-state index in [9.17, 15) is 9.59 Å². The number of pyridine rings is 1. The first kappa shape index (κ1) is 18.3. The summed E-state index contributed by atoms with van der Waals surface area (Å²) < 4.78 is 0. The van der Waals surface area contributed by atoms with Crippen molar-refractivity contribution >= 4 is 39.5 Å². The third kappa shape index (κ3) is 3.53. The van der Waals surface area contributed by atoms with Crippen LogP contribution in [0.4, 0.5) is 0 Å². The molecule has 4 rings (SSSR count). The molecule has 0 saturated heterocycles. The van der Waals surface area contributed by atoms with E-state index >= 15 is 0 Å². The van der Waals surface area contributed by atoms with E-state index in [1.54, 1.807) is 30.0 Å². The average Bonchev–Trinajstić information content (AvgIpc) is 3.15. The lowest BCUT2D eigenvalue weighted by Gasteiger charge is -2.17. The number of aromatic nitrogens is 3. The van der Waals surface area contributed by atoms with Crippen molar-refractivity contribution in [2.45, 2.75) is 12.5 Å². The van der Waals surface area contributed by atoms with Gasteiger partial charge in [-0.05, 0) is 36.6 Å². The average molecular weight is 392 g/mol. The van der Waals surface area contributed by atoms with Gasteiger partial charge < -0.3 is 15.3 Å². The standard InChI is InChI=1S/C21H20N4O2S/c1-28-11-10-18(19-23-16-8-4-5-9-17(16)24-19)25-21(27)15-12-22-20(26)14-7-3-2-6-13(14)15/h2-9,12,18H,10-11H2,1H3,(H,22,26)(H,23,24)(H,25,27)/t18-/m0/s1. The van der Waals surface area contributed by atoms with E-state index in [0.29, 0.717) is 16.3 Å². The first-order valence-electron chi connectivity index (χ1n) is 9.02. The molecule has 2 heterocycles. The zero-order valence-corrected chi connectivity index (χ0v) is 16.2. The van der Waals surface area contributed by atoms with Crippen LogP contribution in [0.1, 0.15) is 28.6 Å². The van der Waals surface area contributed by atoms with Crippen LogP contribution in [-0.4, -0.2) is 32.9 Å². The van der Waals surface area contributed by atoms with E-state index in [0.717, 1.165) is 29.0 Å². The number of thioether (sulfide) groups is 1. The molecule has 0 radical (unpaired) electrons. The van der Waals surface area contributed by atoms with Gasteiger partial charge >= 0.3 is 0 Å². The SMILES string of the molecule is CSCC[C@H](NC(=O)c1c[nH]c(=O)c2ccccc12)c1nc2ccccc2[nH]1. The van der Waals surface area contributed by atoms with Gasteiger partial charge in [0.15, 0.2) is 0 Å². The van der Waals surface area contributed by atoms with Crippen LogP contribution in [0.3, 0.4) is 0 Å². The zero-order valence-electron chi connectivity index (χ0n) is 15.4. The van der Waals surface area contributed by atoms with Gasteiger partial charge in [0.05, 0.1) is 22.6 Å². The van der Waals surface area contributed by atoms with Crippen LogP contribution >= 0.6 is 11.8 Å². The summed E-state index contributed by atoms with van der Waals surface area (Å²) in [6.45, 7) is 0. The highest BCUT2D eigenvalue weighted by Crippen LogP contribution is 2.22. The number of hydrogen-bond acceptors (Lipinski definition) is 4. The number of nitrogens with zero attached hydrogens (tertiary/aromatic N) is 1. The van der Waals surface area contributed by atoms with Gasteiger partial charge in [-0.1, -0.05) is 30.3 Å². The third-order valence-electron chi connectivity index (χ3n) is 4.71. The molecule has 2 aromatic carbocycles. The maximum atomic E-state index is 13.1. The lowest BCUT2D eigenvalue weighted by Crippen LogP contribution is -2.30. The van der Waals surface area contributed by atoms with Crippen molar-refractivity contribution in [1.29, 1.82) is 0 Å². The van der Waals surface area contributed by atoms with Crippen molar-refractivity contribution in [3.05, 3.63) is 76.5 Å². The van der Waals surface area contributed by atoms with Crippen LogP contribution in [0.2, 0.25) is 0 Å². The van der Waals surface area contributed by atoms with Gasteiger partial charge in [0, 0.05) is 17.0 Å². The molecule has 0 aliphatic heterocycles. The maximum Gasteiger partial charge on any atom is 0.255 e. The highest BCUT2D eigenvalue weighted by Gasteiger charge is 2.20. The van der Waals surface area contributed by atoms with E-state index < -0.39 is 0 Å². The minimum atomic E-state index is -0.252. The second-order valence-corrected chi connectivity index (χ2v) is 7.51. The van der Waals surface area contributed by atoms with Gasteiger partial charge in [-0.25, -0.2) is 4.98 Å². The predicted molar refractivity (Wildman–Crippen MR) is 114 cm³/mol. The molecular weight excluding hydrogens is 372 g/mol. The Hall–Kier alpha value is -3.06. The van der Waals surface area contributed by atoms with Crippen molar-refractivity contribution in [1.82, 2.24) is 20.3 Å². The largest absolute Gasteiger partial charge is 0.342 e. The number of para-hydroxylation sites is 2. The Kier molecular flexibility index (Phi) is 5.16. The van der Waals surface area contributed by atoms with Gasteiger partial charge in [-0.2, -0.15) is 11.8 Å². The van der Waals surface area contributed by atoms with Gasteiger partial charge in [-0.15, -0.1) is 0 Å². The highest BCUT2D eigenvalue weighted by molar-refractivity contribution is 7.98. The Bertz CT molecular complexity index is 1160. The van der Waals surface area contributed by atoms with Crippen LogP contribution in [-0.2, 0) is 0 Å². The number of nitrogens with one attached hydrogen (secondary N) is 3. The monoisotopic (exact) mass is 392 g/mol. The zero-order chi connectivity index (χ0) is 19.5. The molecule has 0 fully saturated rings. The molecule has 3 N–H and O–H groups in total. The molecule has 0 spiro atoms. The second kappa shape index (κ2) is 7.90. The number of amides is 1. The summed E-state index contributed by atoms with van der Waals surface area (Å²) in [7, 11) is 0. The molecule has 0 aliphatic rings. The third-order valence-corrected chi connectivity index (χ3v) is 5.35. The van der Waals surface area contributed by atoms with Crippen molar-refractivity contribution in [3.8, 4) is 0 Å². The summed E-state index contributed by atoms with van der Waals surface area (Å²) in [5.74, 6) is 1.38. The van der Waals surface area contributed by atoms with E-state index in [-0.39, 0.29) is 17.5 Å². The quantitative estimate of drug-likeness (QED) is 0.467. The minimum absolute atomic E-state index is 0.205. The van der Waals surface area contributed by atoms with Crippen LogP contribution < -0.4 is 10.9 Å². The maximum absolute atomic E-state index is 13.1. The van der Waals surface area contributed by atoms with Gasteiger partial charge in [-0.3, -0.25) is 9.59 Å². The molecule has 6 nitrogen and oxygen atoms in total. The van der Waals surface area contributed by atoms with Crippen molar-refractivity contribution in [2.24, 2.45) is 0 Å². The van der Waals surface area contributed by atoms with E-state index in [2.05, 4.69) is 20.3 Å². The summed E-state index contributed by atoms with van der Waals surface area (Å²) in [5, 5.41) is 4.22. The second-order valence-electron chi connectivity index (χ2n) is 6.52. The minimum Gasteiger partial charge on any atom is -0.342 e. The highest BCUT2D eigenvalue weighted by atomic mass is 32.2. The molecule has 1 amide bonds. The molecule has 0 unspecified atom stereocenters. The molecule has 4 aromatic rings. The number of imidazole rings is 1. The Morgan fingerprint density at radius 2 is 1.89 bits per heavy atom. The summed E-state index contributed by atoms with van der Waals surface area (Å²) in [6, 6.07) is 14.7. The molecule has 1 atom stereocenters. The van der Waals surface area contributed by atoms with Gasteiger partial charge in [0.25, 0.3) is 11.5 Å². The van der Waals surface area contributed by atoms with Crippen LogP contribution in [0.5, 0.6) is 0 Å². The van der Waals surface area contributed by atoms with Gasteiger partial charge in [0.1, 0.15) is 5.82 Å². The number of rotatable bonds is 6. The lowest BCUT2D eigenvalue weighted by atomic mass is 10.1. The first-order chi connectivity index (χ1) is 13.7. The Morgan fingerprint density at radius 1 is 1.14 bits per heavy atom. The van der Waals surface area contributed by atoms with E-state index in [1.807, 2.05) is 36.6 Å². The molecular formula is C21H20N4O2S. The number of carbonyl (C=O) groups is 1. The summed E-state index contributed by atoms with van der Waals surface area (Å²) in [5.41, 5.74) is 2.05. The lowest BCUT2D eigenvalue weighted by molar-refractivity contribution is 0.0935. The van der Waals surface area contributed by atoms with Crippen LogP contribution in [0.15, 0.2) is 59.5 Å². The fourth-order valence-corrected chi connectivity index (χ4v) is 3.75. The van der Waals surface area contributed by atoms with Crippen LogP contribution in [0, 0.1) is 0 Å². The molecule has 0 aliphatic carbocycles. The summed E-state index contributed by atoms with van der Waals surface area (Å²) >= 11 is 1.72. The summed E-state index contributed by atoms with van der Waals surface area (Å²) in [6.07, 6.45) is 4.26. The number of carbonyl (C=O) groups excluding carboxylic acids is 1. The Morgan fingerprint density at radius 3 is 2.68 bits per heavy atom. The Balaban J connectivity index is 1.68. The summed E-state index contributed by atoms with van der Waals surface area (Å²) in [4.78, 5) is 35.7.